The summed E-state index contributed by atoms with van der Waals surface area (Å²) in [5, 5.41) is 4.74. The minimum Gasteiger partial charge on any atom is -0.348 e. The molecule has 0 spiro atoms. The molecule has 2 aliphatic heterocycles. The molecular formula is C18H18ClN3OS. The van der Waals surface area contributed by atoms with Gasteiger partial charge < -0.3 is 14.8 Å². The van der Waals surface area contributed by atoms with E-state index < -0.39 is 0 Å². The van der Waals surface area contributed by atoms with Crippen molar-refractivity contribution < 1.29 is 0 Å². The zero-order chi connectivity index (χ0) is 16.7. The Morgan fingerprint density at radius 1 is 1.12 bits per heavy atom. The standard InChI is InChI=1S/C18H18ClN3OS/c19-14-4-6-15(7-5-14)20-18(24)21-9-12-8-13(11-21)16-2-1-3-17(23)22(16)10-12/h1-7,12-13H,8-11H2,(H,20,24)/t12-,13+/m1/s1. The van der Waals surface area contributed by atoms with Crippen molar-refractivity contribution in [2.75, 3.05) is 18.4 Å². The molecule has 2 atom stereocenters. The maximum Gasteiger partial charge on any atom is 0.250 e. The zero-order valence-electron chi connectivity index (χ0n) is 13.1. The first-order valence-electron chi connectivity index (χ1n) is 8.11. The van der Waals surface area contributed by atoms with E-state index in [1.165, 1.54) is 0 Å². The average Bonchev–Trinajstić information content (AvgIpc) is 2.58. The highest BCUT2D eigenvalue weighted by atomic mass is 35.5. The number of pyridine rings is 1. The molecule has 1 aromatic heterocycles. The Morgan fingerprint density at radius 3 is 2.71 bits per heavy atom. The van der Waals surface area contributed by atoms with Crippen LogP contribution in [0, 0.1) is 5.92 Å². The Labute approximate surface area is 151 Å². The molecule has 4 rings (SSSR count). The van der Waals surface area contributed by atoms with Crippen LogP contribution in [0.25, 0.3) is 0 Å². The SMILES string of the molecule is O=c1cccc2n1C[C@@H]1C[C@H]2CN(C(=S)Nc2ccc(Cl)cc2)C1. The highest BCUT2D eigenvalue weighted by molar-refractivity contribution is 7.80. The van der Waals surface area contributed by atoms with Crippen LogP contribution in [-0.2, 0) is 6.54 Å². The number of likely N-dealkylation sites (tertiary alicyclic amines) is 1. The molecule has 0 unspecified atom stereocenters. The Morgan fingerprint density at radius 2 is 1.92 bits per heavy atom. The summed E-state index contributed by atoms with van der Waals surface area (Å²) in [5.74, 6) is 0.817. The van der Waals surface area contributed by atoms with Crippen LogP contribution in [0.1, 0.15) is 18.0 Å². The van der Waals surface area contributed by atoms with Gasteiger partial charge in [-0.1, -0.05) is 17.7 Å². The van der Waals surface area contributed by atoms with E-state index in [2.05, 4.69) is 16.3 Å². The van der Waals surface area contributed by atoms with Crippen LogP contribution in [0.5, 0.6) is 0 Å². The van der Waals surface area contributed by atoms with Crippen LogP contribution in [0.15, 0.2) is 47.3 Å². The lowest BCUT2D eigenvalue weighted by Crippen LogP contribution is -2.50. The van der Waals surface area contributed by atoms with Gasteiger partial charge in [-0.05, 0) is 54.9 Å². The van der Waals surface area contributed by atoms with Gasteiger partial charge in [0.15, 0.2) is 5.11 Å². The van der Waals surface area contributed by atoms with E-state index in [-0.39, 0.29) is 5.56 Å². The number of benzene rings is 1. The van der Waals surface area contributed by atoms with Crippen LogP contribution in [0.3, 0.4) is 0 Å². The number of halogens is 1. The van der Waals surface area contributed by atoms with E-state index in [4.69, 9.17) is 23.8 Å². The van der Waals surface area contributed by atoms with E-state index in [0.29, 0.717) is 16.9 Å². The Hall–Kier alpha value is -1.85. The molecule has 2 aromatic rings. The largest absolute Gasteiger partial charge is 0.348 e. The molecule has 0 amide bonds. The van der Waals surface area contributed by atoms with Crippen LogP contribution >= 0.6 is 23.8 Å². The molecule has 0 radical (unpaired) electrons. The maximum absolute atomic E-state index is 12.1. The van der Waals surface area contributed by atoms with Gasteiger partial charge in [0, 0.05) is 48.0 Å². The normalized spacial score (nSPS) is 22.0. The highest BCUT2D eigenvalue weighted by Gasteiger charge is 2.35. The van der Waals surface area contributed by atoms with Gasteiger partial charge in [0.2, 0.25) is 0 Å². The summed E-state index contributed by atoms with van der Waals surface area (Å²) in [6.45, 7) is 2.52. The first kappa shape index (κ1) is 15.7. The first-order valence-corrected chi connectivity index (χ1v) is 8.90. The molecule has 3 heterocycles. The van der Waals surface area contributed by atoms with Crippen LogP contribution < -0.4 is 10.9 Å². The van der Waals surface area contributed by atoms with Gasteiger partial charge in [0.05, 0.1) is 0 Å². The van der Waals surface area contributed by atoms with Gasteiger partial charge in [0.25, 0.3) is 5.56 Å². The third-order valence-electron chi connectivity index (χ3n) is 4.86. The highest BCUT2D eigenvalue weighted by Crippen LogP contribution is 2.35. The molecule has 124 valence electrons. The smallest absolute Gasteiger partial charge is 0.250 e. The average molecular weight is 360 g/mol. The summed E-state index contributed by atoms with van der Waals surface area (Å²) < 4.78 is 1.94. The van der Waals surface area contributed by atoms with Crippen molar-refractivity contribution in [3.8, 4) is 0 Å². The topological polar surface area (TPSA) is 37.3 Å². The van der Waals surface area contributed by atoms with Crippen molar-refractivity contribution in [3.05, 3.63) is 63.5 Å². The van der Waals surface area contributed by atoms with E-state index in [0.717, 1.165) is 42.5 Å². The van der Waals surface area contributed by atoms with E-state index in [1.807, 2.05) is 34.9 Å². The molecule has 2 bridgehead atoms. The number of hydrogen-bond acceptors (Lipinski definition) is 2. The van der Waals surface area contributed by atoms with E-state index in [9.17, 15) is 4.79 Å². The lowest BCUT2D eigenvalue weighted by molar-refractivity contribution is 0.180. The number of aromatic nitrogens is 1. The Balaban J connectivity index is 1.52. The van der Waals surface area contributed by atoms with Crippen molar-refractivity contribution in [3.63, 3.8) is 0 Å². The van der Waals surface area contributed by atoms with Gasteiger partial charge in [-0.3, -0.25) is 4.79 Å². The predicted octanol–water partition coefficient (Wildman–Crippen LogP) is 3.32. The zero-order valence-corrected chi connectivity index (χ0v) is 14.7. The monoisotopic (exact) mass is 359 g/mol. The van der Waals surface area contributed by atoms with Crippen molar-refractivity contribution >= 4 is 34.6 Å². The molecular weight excluding hydrogens is 342 g/mol. The number of nitrogens with one attached hydrogen (secondary N) is 1. The molecule has 4 nitrogen and oxygen atoms in total. The van der Waals surface area contributed by atoms with Crippen molar-refractivity contribution in [1.29, 1.82) is 0 Å². The van der Waals surface area contributed by atoms with Gasteiger partial charge in [-0.15, -0.1) is 0 Å². The minimum atomic E-state index is 0.109. The molecule has 1 N–H and O–H groups in total. The number of piperidine rings is 1. The molecule has 6 heteroatoms. The third kappa shape index (κ3) is 2.94. The van der Waals surface area contributed by atoms with E-state index >= 15 is 0 Å². The summed E-state index contributed by atoms with van der Waals surface area (Å²) >= 11 is 11.5. The number of rotatable bonds is 1. The van der Waals surface area contributed by atoms with Crippen LogP contribution in [0.4, 0.5) is 5.69 Å². The summed E-state index contributed by atoms with van der Waals surface area (Å²) in [4.78, 5) is 14.3. The van der Waals surface area contributed by atoms with Gasteiger partial charge in [0.1, 0.15) is 0 Å². The molecule has 1 saturated heterocycles. The Bertz CT molecular complexity index is 833. The fourth-order valence-corrected chi connectivity index (χ4v) is 4.19. The summed E-state index contributed by atoms with van der Waals surface area (Å²) in [6, 6.07) is 13.1. The maximum atomic E-state index is 12.1. The quantitative estimate of drug-likeness (QED) is 0.792. The molecule has 2 aliphatic rings. The Kier molecular flexibility index (Phi) is 4.06. The molecule has 24 heavy (non-hydrogen) atoms. The van der Waals surface area contributed by atoms with Gasteiger partial charge >= 0.3 is 0 Å². The number of anilines is 1. The molecule has 0 saturated carbocycles. The summed E-state index contributed by atoms with van der Waals surface area (Å²) in [5.41, 5.74) is 2.19. The molecule has 1 fully saturated rings. The lowest BCUT2D eigenvalue weighted by atomic mass is 9.83. The van der Waals surface area contributed by atoms with Crippen molar-refractivity contribution in [2.24, 2.45) is 5.92 Å². The second-order valence-electron chi connectivity index (χ2n) is 6.54. The molecule has 1 aromatic carbocycles. The first-order chi connectivity index (χ1) is 11.6. The number of thiocarbonyl (C=S) groups is 1. The lowest BCUT2D eigenvalue weighted by Gasteiger charge is -2.43. The minimum absolute atomic E-state index is 0.109. The second-order valence-corrected chi connectivity index (χ2v) is 7.36. The van der Waals surface area contributed by atoms with Crippen LogP contribution in [0.2, 0.25) is 5.02 Å². The second kappa shape index (κ2) is 6.22. The predicted molar refractivity (Wildman–Crippen MR) is 101 cm³/mol. The van der Waals surface area contributed by atoms with Gasteiger partial charge in [-0.25, -0.2) is 0 Å². The number of nitrogens with zero attached hydrogens (tertiary/aromatic N) is 2. The summed E-state index contributed by atoms with van der Waals surface area (Å²) in [7, 11) is 0. The fraction of sp³-hybridized carbons (Fsp3) is 0.333. The van der Waals surface area contributed by atoms with Crippen molar-refractivity contribution in [1.82, 2.24) is 9.47 Å². The third-order valence-corrected chi connectivity index (χ3v) is 5.47. The number of hydrogen-bond donors (Lipinski definition) is 1. The van der Waals surface area contributed by atoms with E-state index in [1.54, 1.807) is 6.07 Å². The fourth-order valence-electron chi connectivity index (χ4n) is 3.80. The summed E-state index contributed by atoms with van der Waals surface area (Å²) in [6.07, 6.45) is 1.13. The van der Waals surface area contributed by atoms with Crippen molar-refractivity contribution in [2.45, 2.75) is 18.9 Å². The van der Waals surface area contributed by atoms with Crippen LogP contribution in [-0.4, -0.2) is 27.7 Å². The van der Waals surface area contributed by atoms with Gasteiger partial charge in [-0.2, -0.15) is 0 Å². The molecule has 0 aliphatic carbocycles. The number of fused-ring (bicyclic) bond motifs is 4.